The molecule has 0 aliphatic heterocycles. The summed E-state index contributed by atoms with van der Waals surface area (Å²) in [6.07, 6.45) is 1.49. The minimum Gasteiger partial charge on any atom is -0.417 e. The molecular weight excluding hydrogens is 289 g/mol. The van der Waals surface area contributed by atoms with Gasteiger partial charge in [-0.15, -0.1) is 0 Å². The Labute approximate surface area is 123 Å². The first kappa shape index (κ1) is 13.9. The number of hydrogen-bond acceptors (Lipinski definition) is 5. The van der Waals surface area contributed by atoms with Crippen molar-refractivity contribution in [3.63, 3.8) is 0 Å². The summed E-state index contributed by atoms with van der Waals surface area (Å²) in [4.78, 5) is 31.8. The van der Waals surface area contributed by atoms with Crippen LogP contribution in [-0.2, 0) is 0 Å². The zero-order chi connectivity index (χ0) is 15.7. The molecule has 0 bridgehead atoms. The van der Waals surface area contributed by atoms with Crippen LogP contribution >= 0.6 is 0 Å². The molecule has 0 saturated heterocycles. The molecule has 6 nitrogen and oxygen atoms in total. The summed E-state index contributed by atoms with van der Waals surface area (Å²) < 4.78 is 18.2. The molecule has 0 aliphatic rings. The molecule has 7 heteroatoms. The lowest BCUT2D eigenvalue weighted by Gasteiger charge is -2.04. The highest BCUT2D eigenvalue weighted by atomic mass is 19.1. The summed E-state index contributed by atoms with van der Waals surface area (Å²) in [5.74, 6) is -1.35. The minimum absolute atomic E-state index is 0.0898. The largest absolute Gasteiger partial charge is 0.417 e. The van der Waals surface area contributed by atoms with Gasteiger partial charge >= 0.3 is 5.63 Å². The Morgan fingerprint density at radius 3 is 2.86 bits per heavy atom. The van der Waals surface area contributed by atoms with Crippen LogP contribution in [0.5, 0.6) is 0 Å². The van der Waals surface area contributed by atoms with Crippen LogP contribution in [0.4, 0.5) is 10.3 Å². The monoisotopic (exact) mass is 299 g/mol. The molecule has 0 saturated carbocycles. The number of nitrogens with one attached hydrogen (secondary N) is 1. The van der Waals surface area contributed by atoms with Crippen LogP contribution < -0.4 is 10.9 Å². The van der Waals surface area contributed by atoms with Crippen LogP contribution in [0.15, 0.2) is 45.7 Å². The number of rotatable bonds is 2. The Kier molecular flexibility index (Phi) is 3.38. The predicted molar refractivity (Wildman–Crippen MR) is 77.2 cm³/mol. The van der Waals surface area contributed by atoms with Crippen molar-refractivity contribution in [3.05, 3.63) is 64.2 Å². The average Bonchev–Trinajstić information content (AvgIpc) is 2.46. The van der Waals surface area contributed by atoms with Crippen molar-refractivity contribution in [3.8, 4) is 0 Å². The normalized spacial score (nSPS) is 10.6. The van der Waals surface area contributed by atoms with Gasteiger partial charge in [-0.05, 0) is 42.6 Å². The van der Waals surface area contributed by atoms with Gasteiger partial charge in [-0.25, -0.2) is 19.2 Å². The van der Waals surface area contributed by atoms with Crippen molar-refractivity contribution < 1.29 is 13.6 Å². The second kappa shape index (κ2) is 5.36. The third-order valence-electron chi connectivity index (χ3n) is 2.97. The molecule has 0 unspecified atom stereocenters. The number of benzene rings is 1. The van der Waals surface area contributed by atoms with E-state index in [9.17, 15) is 14.0 Å². The summed E-state index contributed by atoms with van der Waals surface area (Å²) in [5.41, 5.74) is -0.0415. The lowest BCUT2D eigenvalue weighted by Crippen LogP contribution is -2.16. The Morgan fingerprint density at radius 1 is 1.27 bits per heavy atom. The van der Waals surface area contributed by atoms with Gasteiger partial charge in [0.05, 0.1) is 5.39 Å². The molecule has 0 spiro atoms. The van der Waals surface area contributed by atoms with E-state index in [4.69, 9.17) is 4.42 Å². The molecule has 3 rings (SSSR count). The van der Waals surface area contributed by atoms with Crippen molar-refractivity contribution in [1.82, 2.24) is 9.97 Å². The quantitative estimate of drug-likeness (QED) is 0.784. The second-order valence-electron chi connectivity index (χ2n) is 4.61. The van der Waals surface area contributed by atoms with Crippen molar-refractivity contribution in [2.24, 2.45) is 0 Å². The molecule has 110 valence electrons. The number of hydrogen-bond donors (Lipinski definition) is 1. The van der Waals surface area contributed by atoms with Crippen LogP contribution in [0.3, 0.4) is 0 Å². The summed E-state index contributed by atoms with van der Waals surface area (Å²) in [6, 6.07) is 6.59. The summed E-state index contributed by atoms with van der Waals surface area (Å²) in [5, 5.41) is 2.90. The Morgan fingerprint density at radius 2 is 2.09 bits per heavy atom. The topological polar surface area (TPSA) is 85.1 Å². The zero-order valence-corrected chi connectivity index (χ0v) is 11.5. The number of aryl methyl sites for hydroxylation is 1. The van der Waals surface area contributed by atoms with E-state index in [1.807, 2.05) is 0 Å². The van der Waals surface area contributed by atoms with Crippen LogP contribution in [-0.4, -0.2) is 15.9 Å². The van der Waals surface area contributed by atoms with Gasteiger partial charge in [-0.2, -0.15) is 0 Å². The number of anilines is 1. The van der Waals surface area contributed by atoms with Gasteiger partial charge in [-0.3, -0.25) is 10.1 Å². The third-order valence-corrected chi connectivity index (χ3v) is 2.97. The molecule has 1 aromatic carbocycles. The fourth-order valence-corrected chi connectivity index (χ4v) is 1.95. The van der Waals surface area contributed by atoms with E-state index < -0.39 is 17.3 Å². The van der Waals surface area contributed by atoms with E-state index in [0.29, 0.717) is 5.69 Å². The molecule has 1 N–H and O–H groups in total. The van der Waals surface area contributed by atoms with Crippen LogP contribution in [0.25, 0.3) is 10.8 Å². The zero-order valence-electron chi connectivity index (χ0n) is 11.5. The van der Waals surface area contributed by atoms with Crippen molar-refractivity contribution >= 4 is 22.6 Å². The lowest BCUT2D eigenvalue weighted by atomic mass is 10.1. The van der Waals surface area contributed by atoms with Gasteiger partial charge in [0.1, 0.15) is 5.82 Å². The molecule has 0 fully saturated rings. The smallest absolute Gasteiger partial charge is 0.344 e. The molecule has 22 heavy (non-hydrogen) atoms. The van der Waals surface area contributed by atoms with Gasteiger partial charge in [0.25, 0.3) is 5.91 Å². The van der Waals surface area contributed by atoms with Crippen molar-refractivity contribution in [1.29, 1.82) is 0 Å². The first-order chi connectivity index (χ1) is 10.5. The SMILES string of the molecule is Cc1ccnc(NC(=O)c2cc3cc(F)ccc3c(=O)o2)n1. The van der Waals surface area contributed by atoms with E-state index >= 15 is 0 Å². The summed E-state index contributed by atoms with van der Waals surface area (Å²) >= 11 is 0. The molecule has 2 heterocycles. The van der Waals surface area contributed by atoms with Crippen LogP contribution in [0.2, 0.25) is 0 Å². The Balaban J connectivity index is 1.99. The lowest BCUT2D eigenvalue weighted by molar-refractivity contribution is 0.0992. The molecule has 2 aromatic heterocycles. The van der Waals surface area contributed by atoms with E-state index in [1.165, 1.54) is 18.3 Å². The van der Waals surface area contributed by atoms with Gasteiger partial charge in [0.2, 0.25) is 5.95 Å². The molecule has 3 aromatic rings. The number of amides is 1. The van der Waals surface area contributed by atoms with E-state index in [2.05, 4.69) is 15.3 Å². The molecule has 0 atom stereocenters. The average molecular weight is 299 g/mol. The number of halogens is 1. The molecule has 1 amide bonds. The van der Waals surface area contributed by atoms with E-state index in [1.54, 1.807) is 13.0 Å². The standard InChI is InChI=1S/C15H10FN3O3/c1-8-4-5-17-15(18-8)19-13(20)12-7-9-6-10(16)2-3-11(9)14(21)22-12/h2-7H,1H3,(H,17,18,19,20). The first-order valence-electron chi connectivity index (χ1n) is 6.37. The maximum absolute atomic E-state index is 13.2. The number of fused-ring (bicyclic) bond motifs is 1. The Hall–Kier alpha value is -3.09. The fraction of sp³-hybridized carbons (Fsp3) is 0.0667. The van der Waals surface area contributed by atoms with Crippen LogP contribution in [0, 0.1) is 12.7 Å². The van der Waals surface area contributed by atoms with Crippen molar-refractivity contribution in [2.45, 2.75) is 6.92 Å². The number of carbonyl (C=O) groups is 1. The van der Waals surface area contributed by atoms with E-state index in [-0.39, 0.29) is 22.5 Å². The second-order valence-corrected chi connectivity index (χ2v) is 4.61. The van der Waals surface area contributed by atoms with Crippen LogP contribution in [0.1, 0.15) is 16.2 Å². The van der Waals surface area contributed by atoms with E-state index in [0.717, 1.165) is 12.1 Å². The Bertz CT molecular complexity index is 937. The van der Waals surface area contributed by atoms with Gasteiger partial charge < -0.3 is 4.42 Å². The highest BCUT2D eigenvalue weighted by molar-refractivity contribution is 6.03. The third kappa shape index (κ3) is 2.69. The molecule has 0 aliphatic carbocycles. The summed E-state index contributed by atoms with van der Waals surface area (Å²) in [7, 11) is 0. The summed E-state index contributed by atoms with van der Waals surface area (Å²) in [6.45, 7) is 1.75. The maximum atomic E-state index is 13.2. The number of aromatic nitrogens is 2. The highest BCUT2D eigenvalue weighted by Gasteiger charge is 2.14. The predicted octanol–water partition coefficient (Wildman–Crippen LogP) is 2.28. The number of nitrogens with zero attached hydrogens (tertiary/aromatic N) is 2. The number of carbonyl (C=O) groups excluding carboxylic acids is 1. The first-order valence-corrected chi connectivity index (χ1v) is 6.37. The highest BCUT2D eigenvalue weighted by Crippen LogP contribution is 2.14. The van der Waals surface area contributed by atoms with Gasteiger partial charge in [-0.1, -0.05) is 0 Å². The molecular formula is C15H10FN3O3. The van der Waals surface area contributed by atoms with Crippen molar-refractivity contribution in [2.75, 3.05) is 5.32 Å². The maximum Gasteiger partial charge on any atom is 0.344 e. The van der Waals surface area contributed by atoms with Gasteiger partial charge in [0, 0.05) is 11.9 Å². The fourth-order valence-electron chi connectivity index (χ4n) is 1.95. The molecule has 0 radical (unpaired) electrons. The van der Waals surface area contributed by atoms with Gasteiger partial charge in [0.15, 0.2) is 5.76 Å². The minimum atomic E-state index is -0.715.